The highest BCUT2D eigenvalue weighted by Gasteiger charge is 1.89. The average molecular weight is 673 g/mol. The van der Waals surface area contributed by atoms with E-state index in [4.69, 9.17) is 28.4 Å². The van der Waals surface area contributed by atoms with Gasteiger partial charge >= 0.3 is 0 Å². The highest BCUT2D eigenvalue weighted by molar-refractivity contribution is 4.33. The van der Waals surface area contributed by atoms with Crippen molar-refractivity contribution in [3.63, 3.8) is 0 Å². The Morgan fingerprint density at radius 2 is 0.409 bits per heavy atom. The zero-order valence-electron chi connectivity index (χ0n) is 16.3. The van der Waals surface area contributed by atoms with E-state index in [0.717, 1.165) is 45.7 Å². The minimum atomic E-state index is 0. The molecular weight excluding hydrogens is 552 g/mol. The van der Waals surface area contributed by atoms with Crippen LogP contribution in [0, 0.1) is 0 Å². The van der Waals surface area contributed by atoms with E-state index in [1.54, 1.807) is 0 Å². The SMILES string of the molecule is C.C.C.C.C.C.C.C.C.C.C.C.C.C.C.C.C.C.C.C.CCCOCCOCCOCCC.CCCOCOCCOCC. The minimum absolute atomic E-state index is 0. The first-order valence-electron chi connectivity index (χ1n) is 9.29. The van der Waals surface area contributed by atoms with Gasteiger partial charge in [-0.1, -0.05) is 169 Å². The number of hydrogen-bond donors (Lipinski definition) is 0. The van der Waals surface area contributed by atoms with Gasteiger partial charge in [0.15, 0.2) is 0 Å². The van der Waals surface area contributed by atoms with Gasteiger partial charge < -0.3 is 28.4 Å². The number of rotatable bonds is 18. The van der Waals surface area contributed by atoms with Gasteiger partial charge in [-0.3, -0.25) is 0 Å². The highest BCUT2D eigenvalue weighted by atomic mass is 16.7. The Kier molecular flexibility index (Phi) is 733. The summed E-state index contributed by atoms with van der Waals surface area (Å²) in [4.78, 5) is 0. The summed E-state index contributed by atoms with van der Waals surface area (Å²) in [6.07, 6.45) is 3.17. The molecule has 0 amide bonds. The van der Waals surface area contributed by atoms with Crippen molar-refractivity contribution in [3.05, 3.63) is 0 Å². The van der Waals surface area contributed by atoms with Crippen molar-refractivity contribution in [2.45, 2.75) is 195 Å². The first-order valence-corrected chi connectivity index (χ1v) is 9.29. The van der Waals surface area contributed by atoms with Crippen LogP contribution in [-0.2, 0) is 28.4 Å². The molecular formula is C38H120O6. The van der Waals surface area contributed by atoms with Gasteiger partial charge in [0.2, 0.25) is 0 Å². The van der Waals surface area contributed by atoms with E-state index in [9.17, 15) is 0 Å². The lowest BCUT2D eigenvalue weighted by Crippen LogP contribution is -2.09. The van der Waals surface area contributed by atoms with Crippen LogP contribution in [0.25, 0.3) is 0 Å². The van der Waals surface area contributed by atoms with Gasteiger partial charge in [-0.25, -0.2) is 0 Å². The first kappa shape index (κ1) is 169. The van der Waals surface area contributed by atoms with E-state index in [0.29, 0.717) is 46.4 Å². The fourth-order valence-electron chi connectivity index (χ4n) is 1.41. The van der Waals surface area contributed by atoms with Gasteiger partial charge in [-0.2, -0.15) is 0 Å². The highest BCUT2D eigenvalue weighted by Crippen LogP contribution is 1.84. The van der Waals surface area contributed by atoms with Gasteiger partial charge in [-0.05, 0) is 26.2 Å². The molecule has 0 saturated heterocycles. The van der Waals surface area contributed by atoms with E-state index >= 15 is 0 Å². The number of hydrogen-bond acceptors (Lipinski definition) is 6. The van der Waals surface area contributed by atoms with E-state index in [1.165, 1.54) is 0 Å². The van der Waals surface area contributed by atoms with E-state index in [2.05, 4.69) is 20.8 Å². The fraction of sp³-hybridized carbons (Fsp3) is 1.00. The summed E-state index contributed by atoms with van der Waals surface area (Å²) in [5.74, 6) is 0. The normalized spacial score (nSPS) is 5.73. The Labute approximate surface area is 296 Å². The quantitative estimate of drug-likeness (QED) is 0.107. The minimum Gasteiger partial charge on any atom is -0.379 e. The van der Waals surface area contributed by atoms with E-state index in [1.807, 2.05) is 6.92 Å². The van der Waals surface area contributed by atoms with Crippen LogP contribution < -0.4 is 0 Å². The maximum atomic E-state index is 5.28. The summed E-state index contributed by atoms with van der Waals surface area (Å²) < 4.78 is 31.0. The lowest BCUT2D eigenvalue weighted by atomic mass is 10.5. The molecule has 0 fully saturated rings. The van der Waals surface area contributed by atoms with Crippen molar-refractivity contribution in [3.8, 4) is 0 Å². The summed E-state index contributed by atoms with van der Waals surface area (Å²) in [6.45, 7) is 15.8. The predicted molar refractivity (Wildman–Crippen MR) is 231 cm³/mol. The molecule has 6 nitrogen and oxygen atoms in total. The Balaban J connectivity index is -0.00000000759. The topological polar surface area (TPSA) is 55.4 Å². The number of ether oxygens (including phenoxy) is 6. The molecule has 0 aromatic rings. The summed E-state index contributed by atoms with van der Waals surface area (Å²) in [6, 6.07) is 0. The molecule has 0 N–H and O–H groups in total. The van der Waals surface area contributed by atoms with Crippen molar-refractivity contribution < 1.29 is 28.4 Å². The van der Waals surface area contributed by atoms with Gasteiger partial charge in [-0.15, -0.1) is 0 Å². The molecule has 0 aliphatic rings. The maximum Gasteiger partial charge on any atom is 0.146 e. The van der Waals surface area contributed by atoms with Crippen LogP contribution in [-0.4, -0.2) is 72.9 Å². The molecule has 0 aromatic carbocycles. The second-order valence-corrected chi connectivity index (χ2v) is 4.97. The molecule has 0 aliphatic heterocycles. The van der Waals surface area contributed by atoms with Crippen LogP contribution in [0.2, 0.25) is 0 Å². The van der Waals surface area contributed by atoms with Gasteiger partial charge in [0.25, 0.3) is 0 Å². The molecule has 0 rings (SSSR count). The second-order valence-electron chi connectivity index (χ2n) is 4.97. The maximum absolute atomic E-state index is 5.28. The fourth-order valence-corrected chi connectivity index (χ4v) is 1.41. The van der Waals surface area contributed by atoms with Crippen molar-refractivity contribution in [1.82, 2.24) is 0 Å². The van der Waals surface area contributed by atoms with Crippen molar-refractivity contribution in [2.24, 2.45) is 0 Å². The first-order chi connectivity index (χ1) is 11.8. The van der Waals surface area contributed by atoms with E-state index < -0.39 is 0 Å². The molecule has 0 aliphatic carbocycles. The molecule has 0 radical (unpaired) electrons. The monoisotopic (exact) mass is 673 g/mol. The Bertz CT molecular complexity index is 180. The lowest BCUT2D eigenvalue weighted by Gasteiger charge is -2.05. The third-order valence-corrected chi connectivity index (χ3v) is 2.53. The van der Waals surface area contributed by atoms with Crippen LogP contribution in [0.3, 0.4) is 0 Å². The summed E-state index contributed by atoms with van der Waals surface area (Å²) in [7, 11) is 0. The molecule has 0 saturated carbocycles. The Morgan fingerprint density at radius 3 is 0.659 bits per heavy atom. The van der Waals surface area contributed by atoms with Crippen LogP contribution in [0.4, 0.5) is 0 Å². The van der Waals surface area contributed by atoms with Gasteiger partial charge in [0.1, 0.15) is 6.79 Å². The van der Waals surface area contributed by atoms with Crippen LogP contribution in [0.1, 0.15) is 195 Å². The van der Waals surface area contributed by atoms with Crippen molar-refractivity contribution in [1.29, 1.82) is 0 Å². The Morgan fingerprint density at radius 1 is 0.227 bits per heavy atom. The molecule has 0 bridgehead atoms. The summed E-state index contributed by atoms with van der Waals surface area (Å²) >= 11 is 0. The summed E-state index contributed by atoms with van der Waals surface area (Å²) in [5, 5.41) is 0. The second kappa shape index (κ2) is 191. The Hall–Kier alpha value is -0.240. The molecule has 0 atom stereocenters. The summed E-state index contributed by atoms with van der Waals surface area (Å²) in [5.41, 5.74) is 0. The lowest BCUT2D eigenvalue weighted by molar-refractivity contribution is -0.0682. The average Bonchev–Trinajstić information content (AvgIpc) is 2.60. The molecule has 0 unspecified atom stereocenters. The molecule has 0 aromatic heterocycles. The van der Waals surface area contributed by atoms with Crippen LogP contribution >= 0.6 is 0 Å². The van der Waals surface area contributed by atoms with Crippen molar-refractivity contribution in [2.75, 3.05) is 72.9 Å². The molecule has 0 spiro atoms. The van der Waals surface area contributed by atoms with Gasteiger partial charge in [0.05, 0.1) is 39.6 Å². The smallest absolute Gasteiger partial charge is 0.146 e. The molecule has 0 heterocycles. The predicted octanol–water partition coefficient (Wildman–Crippen LogP) is 16.0. The standard InChI is InChI=1S/C10H22O3.C8H18O3.20CH4/c1-3-5-11-7-9-13-10-8-12-6-4-2;1-3-5-10-8-11-7-6-9-4-2;;;;;;;;;;;;;;;;;;;;/h3-10H2,1-2H3;3-8H2,1-2H3;20*1H4. The third kappa shape index (κ3) is 220. The van der Waals surface area contributed by atoms with Crippen LogP contribution in [0.5, 0.6) is 0 Å². The third-order valence-electron chi connectivity index (χ3n) is 2.53. The molecule has 308 valence electrons. The zero-order valence-corrected chi connectivity index (χ0v) is 16.3. The van der Waals surface area contributed by atoms with Crippen molar-refractivity contribution >= 4 is 0 Å². The van der Waals surface area contributed by atoms with Gasteiger partial charge in [0, 0.05) is 26.4 Å². The molecule has 6 heteroatoms. The van der Waals surface area contributed by atoms with E-state index in [-0.39, 0.29) is 149 Å². The van der Waals surface area contributed by atoms with Crippen LogP contribution in [0.15, 0.2) is 0 Å². The largest absolute Gasteiger partial charge is 0.379 e. The molecule has 44 heavy (non-hydrogen) atoms. The zero-order chi connectivity index (χ0) is 18.1.